The Hall–Kier alpha value is -2.17. The van der Waals surface area contributed by atoms with Crippen LogP contribution in [0.15, 0.2) is 60.7 Å². The van der Waals surface area contributed by atoms with E-state index in [9.17, 15) is 4.79 Å². The van der Waals surface area contributed by atoms with Crippen molar-refractivity contribution in [3.63, 3.8) is 0 Å². The van der Waals surface area contributed by atoms with Gasteiger partial charge in [-0.2, -0.15) is 0 Å². The van der Waals surface area contributed by atoms with Crippen LogP contribution < -0.4 is 0 Å². The predicted octanol–water partition coefficient (Wildman–Crippen LogP) is 3.99. The molecule has 2 aromatic carbocycles. The molecule has 27 heavy (non-hydrogen) atoms. The number of nitrogens with zero attached hydrogens (tertiary/aromatic N) is 1. The van der Waals surface area contributed by atoms with Crippen molar-refractivity contribution < 1.29 is 21.1 Å². The van der Waals surface area contributed by atoms with Crippen molar-refractivity contribution in [3.8, 4) is 0 Å². The van der Waals surface area contributed by atoms with Crippen LogP contribution in [0.3, 0.4) is 0 Å². The Bertz CT molecular complexity index is 813. The largest absolute Gasteiger partial charge is 0.460 e. The van der Waals surface area contributed by atoms with Crippen molar-refractivity contribution in [2.24, 2.45) is 0 Å². The number of carbonyl (C=O) groups excluding carboxylic acids is 1. The summed E-state index contributed by atoms with van der Waals surface area (Å²) in [7, 11) is 0. The summed E-state index contributed by atoms with van der Waals surface area (Å²) in [5, 5.41) is 0. The number of rotatable bonds is 7. The van der Waals surface area contributed by atoms with E-state index < -0.39 is 25.4 Å². The summed E-state index contributed by atoms with van der Waals surface area (Å²) in [6, 6.07) is 18.0. The number of hydrogen-bond donors (Lipinski definition) is 0. The van der Waals surface area contributed by atoms with Crippen LogP contribution in [-0.2, 0) is 19.9 Å². The van der Waals surface area contributed by atoms with E-state index in [0.29, 0.717) is 37.1 Å². The number of esters is 1. The number of likely N-dealkylation sites (tertiary alicyclic amines) is 1. The third kappa shape index (κ3) is 4.40. The molecule has 0 aromatic heterocycles. The van der Waals surface area contributed by atoms with Gasteiger partial charge in [0.2, 0.25) is 5.60 Å². The molecule has 0 radical (unpaired) electrons. The van der Waals surface area contributed by atoms with Gasteiger partial charge in [-0.05, 0) is 37.4 Å². The minimum Gasteiger partial charge on any atom is -0.460 e. The molecule has 3 rings (SSSR count). The molecule has 0 unspecified atom stereocenters. The average Bonchev–Trinajstić information content (AvgIpc) is 2.77. The Morgan fingerprint density at radius 2 is 1.67 bits per heavy atom. The van der Waals surface area contributed by atoms with Crippen molar-refractivity contribution >= 4 is 5.97 Å². The van der Waals surface area contributed by atoms with Gasteiger partial charge in [0, 0.05) is 26.6 Å². The number of carbonyl (C=O) groups is 1. The molecule has 0 aliphatic carbocycles. The van der Waals surface area contributed by atoms with Gasteiger partial charge in [-0.1, -0.05) is 67.5 Å². The van der Waals surface area contributed by atoms with E-state index in [-0.39, 0.29) is 19.1 Å². The lowest BCUT2D eigenvalue weighted by Gasteiger charge is -2.36. The van der Waals surface area contributed by atoms with Crippen LogP contribution in [0, 0.1) is 0 Å². The summed E-state index contributed by atoms with van der Waals surface area (Å²) < 4.78 is 49.7. The average molecular weight is 373 g/mol. The van der Waals surface area contributed by atoms with Gasteiger partial charge >= 0.3 is 5.97 Å². The normalized spacial score (nSPS) is 19.5. The first-order valence-electron chi connectivity index (χ1n) is 11.9. The predicted molar refractivity (Wildman–Crippen MR) is 107 cm³/mol. The molecule has 4 nitrogen and oxygen atoms in total. The third-order valence-electron chi connectivity index (χ3n) is 4.82. The molecule has 1 aliphatic rings. The van der Waals surface area contributed by atoms with Crippen LogP contribution in [0.5, 0.6) is 0 Å². The van der Waals surface area contributed by atoms with Crippen LogP contribution in [0.1, 0.15) is 44.1 Å². The van der Waals surface area contributed by atoms with E-state index in [1.165, 1.54) is 0 Å². The molecule has 1 aliphatic heterocycles. The van der Waals surface area contributed by atoms with Crippen LogP contribution in [0.2, 0.25) is 0 Å². The van der Waals surface area contributed by atoms with Crippen LogP contribution in [0.4, 0.5) is 0 Å². The van der Waals surface area contributed by atoms with Crippen LogP contribution in [0.25, 0.3) is 0 Å². The second-order valence-corrected chi connectivity index (χ2v) is 6.65. The van der Waals surface area contributed by atoms with E-state index in [1.807, 2.05) is 12.1 Å². The van der Waals surface area contributed by atoms with E-state index in [0.717, 1.165) is 0 Å². The quantitative estimate of drug-likeness (QED) is 0.689. The van der Waals surface area contributed by atoms with Crippen molar-refractivity contribution in [1.82, 2.24) is 4.90 Å². The summed E-state index contributed by atoms with van der Waals surface area (Å²) in [5.41, 5.74) is -0.466. The Morgan fingerprint density at radius 1 is 1.07 bits per heavy atom. The minimum absolute atomic E-state index is 0.146. The number of hydrogen-bond acceptors (Lipinski definition) is 4. The fourth-order valence-corrected chi connectivity index (χ4v) is 3.41. The van der Waals surface area contributed by atoms with Gasteiger partial charge in [-0.25, -0.2) is 4.79 Å². The van der Waals surface area contributed by atoms with Gasteiger partial charge in [-0.15, -0.1) is 0 Å². The molecule has 0 spiro atoms. The zero-order chi connectivity index (χ0) is 23.2. The van der Waals surface area contributed by atoms with Gasteiger partial charge in [0.1, 0.15) is 6.10 Å². The topological polar surface area (TPSA) is 38.8 Å². The maximum atomic E-state index is 13.7. The van der Waals surface area contributed by atoms with Crippen molar-refractivity contribution in [2.45, 2.75) is 37.8 Å². The maximum absolute atomic E-state index is 13.7. The van der Waals surface area contributed by atoms with E-state index >= 15 is 0 Å². The van der Waals surface area contributed by atoms with E-state index in [2.05, 4.69) is 0 Å². The molecule has 144 valence electrons. The summed E-state index contributed by atoms with van der Waals surface area (Å²) >= 11 is 0. The Balaban J connectivity index is 1.92. The number of benzene rings is 2. The molecule has 1 saturated heterocycles. The highest BCUT2D eigenvalue weighted by molar-refractivity contribution is 5.86. The third-order valence-corrected chi connectivity index (χ3v) is 4.82. The molecule has 1 heterocycles. The van der Waals surface area contributed by atoms with Gasteiger partial charge in [0.05, 0.1) is 0 Å². The highest BCUT2D eigenvalue weighted by Gasteiger charge is 2.46. The van der Waals surface area contributed by atoms with E-state index in [4.69, 9.17) is 16.3 Å². The van der Waals surface area contributed by atoms with Gasteiger partial charge < -0.3 is 14.4 Å². The van der Waals surface area contributed by atoms with Crippen molar-refractivity contribution in [2.75, 3.05) is 26.7 Å². The highest BCUT2D eigenvalue weighted by atomic mass is 16.6. The lowest BCUT2D eigenvalue weighted by molar-refractivity contribution is -0.176. The highest BCUT2D eigenvalue weighted by Crippen LogP contribution is 2.36. The van der Waals surface area contributed by atoms with Crippen LogP contribution >= 0.6 is 0 Å². The fraction of sp³-hybridized carbons (Fsp3) is 0.435. The van der Waals surface area contributed by atoms with Crippen LogP contribution in [-0.4, -0.2) is 43.7 Å². The zero-order valence-corrected chi connectivity index (χ0v) is 15.3. The summed E-state index contributed by atoms with van der Waals surface area (Å²) in [4.78, 5) is 15.4. The maximum Gasteiger partial charge on any atom is 0.348 e. The lowest BCUT2D eigenvalue weighted by Crippen LogP contribution is -2.45. The first-order chi connectivity index (χ1) is 15.2. The first-order valence-corrected chi connectivity index (χ1v) is 9.27. The van der Waals surface area contributed by atoms with Gasteiger partial charge in [0.15, 0.2) is 0 Å². The Kier molecular flexibility index (Phi) is 4.72. The second kappa shape index (κ2) is 9.16. The van der Waals surface area contributed by atoms with Crippen molar-refractivity contribution in [1.29, 1.82) is 0 Å². The Morgan fingerprint density at radius 3 is 2.19 bits per heavy atom. The summed E-state index contributed by atoms with van der Waals surface area (Å²) in [6.07, 6.45) is 0.480. The van der Waals surface area contributed by atoms with Crippen molar-refractivity contribution in [3.05, 3.63) is 71.8 Å². The molecule has 0 amide bonds. The zero-order valence-electron chi connectivity index (χ0n) is 20.3. The second-order valence-electron chi connectivity index (χ2n) is 6.65. The number of ether oxygens (including phenoxy) is 2. The molecule has 0 bridgehead atoms. The summed E-state index contributed by atoms with van der Waals surface area (Å²) in [5.74, 6) is -0.591. The SMILES string of the molecule is [2H]C([2H])N1CCC(OC(=O)C(OCCC([2H])([2H])[2H])(c2ccccc2)c2ccccc2)CC1. The lowest BCUT2D eigenvalue weighted by atomic mass is 9.85. The monoisotopic (exact) mass is 372 g/mol. The molecule has 0 N–H and O–H groups in total. The van der Waals surface area contributed by atoms with Gasteiger partial charge in [0.25, 0.3) is 0 Å². The fourth-order valence-electron chi connectivity index (χ4n) is 3.41. The van der Waals surface area contributed by atoms with E-state index in [1.54, 1.807) is 53.4 Å². The molecule has 0 atom stereocenters. The standard InChI is InChI=1S/C23H29NO3/c1-3-18-26-23(19-10-6-4-7-11-19,20-12-8-5-9-13-20)22(25)27-21-14-16-24(2)17-15-21/h4-13,21H,3,14-18H2,1-2H3/i1D3,2D2. The number of piperidine rings is 1. The molecule has 4 heteroatoms. The molecule has 0 saturated carbocycles. The molecular formula is C23H29NO3. The molecule has 1 fully saturated rings. The Labute approximate surface area is 169 Å². The molecular weight excluding hydrogens is 338 g/mol. The summed E-state index contributed by atoms with van der Waals surface area (Å²) in [6.45, 7) is -2.37. The molecule has 2 aromatic rings. The first kappa shape index (κ1) is 13.9. The van der Waals surface area contributed by atoms with Gasteiger partial charge in [-0.3, -0.25) is 0 Å². The minimum atomic E-state index is -2.18. The smallest absolute Gasteiger partial charge is 0.348 e.